The molecule has 1 aliphatic carbocycles. The Hall–Kier alpha value is -2.88. The molecule has 3 aromatic rings. The summed E-state index contributed by atoms with van der Waals surface area (Å²) in [6.07, 6.45) is 4.96. The van der Waals surface area contributed by atoms with Gasteiger partial charge in [0.2, 0.25) is 0 Å². The summed E-state index contributed by atoms with van der Waals surface area (Å²) >= 11 is 0. The van der Waals surface area contributed by atoms with Crippen LogP contribution in [-0.4, -0.2) is 12.4 Å². The van der Waals surface area contributed by atoms with Crippen molar-refractivity contribution < 1.29 is 13.9 Å². The first-order valence-electron chi connectivity index (χ1n) is 9.44. The van der Waals surface area contributed by atoms with E-state index in [-0.39, 0.29) is 18.0 Å². The average Bonchev–Trinajstić information content (AvgIpc) is 2.95. The van der Waals surface area contributed by atoms with E-state index in [1.807, 2.05) is 37.3 Å². The van der Waals surface area contributed by atoms with E-state index in [4.69, 9.17) is 9.15 Å². The van der Waals surface area contributed by atoms with Gasteiger partial charge in [0, 0.05) is 22.1 Å². The lowest BCUT2D eigenvalue weighted by molar-refractivity contribution is 0.0921. The van der Waals surface area contributed by atoms with Crippen molar-refractivity contribution in [2.24, 2.45) is 0 Å². The normalized spacial score (nSPS) is 13.8. The van der Waals surface area contributed by atoms with Crippen molar-refractivity contribution in [3.63, 3.8) is 0 Å². The summed E-state index contributed by atoms with van der Waals surface area (Å²) < 4.78 is 11.4. The second-order valence-corrected chi connectivity index (χ2v) is 7.05. The van der Waals surface area contributed by atoms with Crippen molar-refractivity contribution in [1.29, 1.82) is 0 Å². The number of fused-ring (bicyclic) bond motifs is 3. The fourth-order valence-electron chi connectivity index (χ4n) is 3.81. The summed E-state index contributed by atoms with van der Waals surface area (Å²) in [4.78, 5) is 24.8. The van der Waals surface area contributed by atoms with Crippen LogP contribution in [0.1, 0.15) is 46.3 Å². The van der Waals surface area contributed by atoms with Crippen molar-refractivity contribution in [3.8, 4) is 5.75 Å². The van der Waals surface area contributed by atoms with Crippen molar-refractivity contribution in [2.45, 2.75) is 39.0 Å². The van der Waals surface area contributed by atoms with Crippen LogP contribution in [0, 0.1) is 6.92 Å². The third-order valence-electron chi connectivity index (χ3n) is 5.29. The van der Waals surface area contributed by atoms with Gasteiger partial charge >= 0.3 is 5.63 Å². The zero-order valence-corrected chi connectivity index (χ0v) is 15.4. The highest BCUT2D eigenvalue weighted by atomic mass is 16.5. The lowest BCUT2D eigenvalue weighted by atomic mass is 9.98. The second kappa shape index (κ2) is 7.39. The van der Waals surface area contributed by atoms with E-state index in [0.717, 1.165) is 54.2 Å². The van der Waals surface area contributed by atoms with Gasteiger partial charge in [-0.05, 0) is 50.3 Å². The maximum atomic E-state index is 12.5. The highest BCUT2D eigenvalue weighted by Crippen LogP contribution is 2.32. The van der Waals surface area contributed by atoms with E-state index >= 15 is 0 Å². The minimum Gasteiger partial charge on any atom is -0.485 e. The minimum atomic E-state index is -0.236. The number of carbonyl (C=O) groups excluding carboxylic acids is 1. The first-order valence-corrected chi connectivity index (χ1v) is 9.44. The molecule has 138 valence electrons. The number of hydrogen-bond donors (Lipinski definition) is 0. The van der Waals surface area contributed by atoms with Gasteiger partial charge in [0.25, 0.3) is 0 Å². The standard InChI is InChI=1S/C23H22O4/c1-15-21(26-14-20(24)16-8-4-2-5-9-16)13-12-18-17-10-6-3-7-11-19(17)23(25)27-22(15)18/h2,4-5,8-9,12-13H,3,6-7,10-11,14H2,1H3. The zero-order chi connectivity index (χ0) is 18.8. The Kier molecular flexibility index (Phi) is 4.80. The van der Waals surface area contributed by atoms with Crippen LogP contribution < -0.4 is 10.4 Å². The predicted octanol–water partition coefficient (Wildman–Crippen LogP) is 4.63. The van der Waals surface area contributed by atoms with E-state index in [9.17, 15) is 9.59 Å². The second-order valence-electron chi connectivity index (χ2n) is 7.05. The van der Waals surface area contributed by atoms with Crippen LogP contribution in [0.4, 0.5) is 0 Å². The summed E-state index contributed by atoms with van der Waals surface area (Å²) in [5.74, 6) is 0.488. The Morgan fingerprint density at radius 1 is 1.00 bits per heavy atom. The molecule has 0 radical (unpaired) electrons. The molecular formula is C23H22O4. The number of hydrogen-bond acceptors (Lipinski definition) is 4. The lowest BCUT2D eigenvalue weighted by Crippen LogP contribution is -2.13. The average molecular weight is 362 g/mol. The van der Waals surface area contributed by atoms with E-state index in [0.29, 0.717) is 16.9 Å². The van der Waals surface area contributed by atoms with E-state index in [1.54, 1.807) is 12.1 Å². The molecule has 0 bridgehead atoms. The third kappa shape index (κ3) is 3.39. The number of ether oxygens (including phenoxy) is 1. The van der Waals surface area contributed by atoms with Crippen LogP contribution in [0.5, 0.6) is 5.75 Å². The molecule has 1 aliphatic rings. The molecule has 0 amide bonds. The molecule has 0 aliphatic heterocycles. The Balaban J connectivity index is 1.66. The van der Waals surface area contributed by atoms with Gasteiger partial charge in [-0.3, -0.25) is 4.79 Å². The Morgan fingerprint density at radius 2 is 1.74 bits per heavy atom. The molecule has 4 heteroatoms. The van der Waals surface area contributed by atoms with Crippen LogP contribution in [0.25, 0.3) is 11.0 Å². The SMILES string of the molecule is Cc1c(OCC(=O)c2ccccc2)ccc2c3c(c(=O)oc12)CCCCC3. The third-order valence-corrected chi connectivity index (χ3v) is 5.29. The fourth-order valence-corrected chi connectivity index (χ4v) is 3.81. The quantitative estimate of drug-likeness (QED) is 0.386. The van der Waals surface area contributed by atoms with Gasteiger partial charge in [-0.2, -0.15) is 0 Å². The van der Waals surface area contributed by atoms with Crippen molar-refractivity contribution in [3.05, 3.63) is 75.1 Å². The van der Waals surface area contributed by atoms with Crippen molar-refractivity contribution in [1.82, 2.24) is 0 Å². The van der Waals surface area contributed by atoms with Crippen LogP contribution in [-0.2, 0) is 12.8 Å². The molecule has 0 fully saturated rings. The van der Waals surface area contributed by atoms with Gasteiger partial charge in [-0.25, -0.2) is 4.79 Å². The number of rotatable bonds is 4. The van der Waals surface area contributed by atoms with Gasteiger partial charge in [0.15, 0.2) is 12.4 Å². The maximum Gasteiger partial charge on any atom is 0.339 e. The van der Waals surface area contributed by atoms with E-state index < -0.39 is 0 Å². The first kappa shape index (κ1) is 17.5. The van der Waals surface area contributed by atoms with Gasteiger partial charge in [-0.1, -0.05) is 36.8 Å². The summed E-state index contributed by atoms with van der Waals surface area (Å²) in [5.41, 5.74) is 3.66. The number of aryl methyl sites for hydroxylation is 2. The summed E-state index contributed by atoms with van der Waals surface area (Å²) in [5, 5.41) is 0.991. The van der Waals surface area contributed by atoms with Crippen LogP contribution >= 0.6 is 0 Å². The zero-order valence-electron chi connectivity index (χ0n) is 15.4. The maximum absolute atomic E-state index is 12.5. The fraction of sp³-hybridized carbons (Fsp3) is 0.304. The van der Waals surface area contributed by atoms with Crippen molar-refractivity contribution in [2.75, 3.05) is 6.61 Å². The molecule has 27 heavy (non-hydrogen) atoms. The molecular weight excluding hydrogens is 340 g/mol. The van der Waals surface area contributed by atoms with Gasteiger partial charge in [0.1, 0.15) is 11.3 Å². The number of carbonyl (C=O) groups is 1. The number of Topliss-reactive ketones (excluding diaryl/α,β-unsaturated/α-hetero) is 1. The van der Waals surface area contributed by atoms with Gasteiger partial charge in [-0.15, -0.1) is 0 Å². The molecule has 1 aromatic heterocycles. The monoisotopic (exact) mass is 362 g/mol. The van der Waals surface area contributed by atoms with E-state index in [1.165, 1.54) is 0 Å². The molecule has 0 spiro atoms. The number of benzene rings is 2. The summed E-state index contributed by atoms with van der Waals surface area (Å²) in [7, 11) is 0. The van der Waals surface area contributed by atoms with Crippen molar-refractivity contribution >= 4 is 16.8 Å². The molecule has 0 unspecified atom stereocenters. The Labute approximate surface area is 157 Å². The van der Waals surface area contributed by atoms with Crippen LogP contribution in [0.3, 0.4) is 0 Å². The Morgan fingerprint density at radius 3 is 2.52 bits per heavy atom. The van der Waals surface area contributed by atoms with Crippen LogP contribution in [0.15, 0.2) is 51.7 Å². The molecule has 0 atom stereocenters. The molecule has 2 aromatic carbocycles. The minimum absolute atomic E-state index is 0.0501. The summed E-state index contributed by atoms with van der Waals surface area (Å²) in [6.45, 7) is 1.82. The highest BCUT2D eigenvalue weighted by molar-refractivity contribution is 5.97. The molecule has 0 N–H and O–H groups in total. The van der Waals surface area contributed by atoms with E-state index in [2.05, 4.69) is 0 Å². The van der Waals surface area contributed by atoms with Gasteiger partial charge < -0.3 is 9.15 Å². The smallest absolute Gasteiger partial charge is 0.339 e. The molecule has 4 rings (SSSR count). The lowest BCUT2D eigenvalue weighted by Gasteiger charge is -2.13. The number of ketones is 1. The summed E-state index contributed by atoms with van der Waals surface area (Å²) in [6, 6.07) is 12.9. The van der Waals surface area contributed by atoms with Crippen LogP contribution in [0.2, 0.25) is 0 Å². The molecule has 0 saturated heterocycles. The first-order chi connectivity index (χ1) is 13.1. The predicted molar refractivity (Wildman–Crippen MR) is 105 cm³/mol. The Bertz CT molecular complexity index is 1050. The van der Waals surface area contributed by atoms with Gasteiger partial charge in [0.05, 0.1) is 0 Å². The molecule has 0 saturated carbocycles. The molecule has 1 heterocycles. The largest absolute Gasteiger partial charge is 0.485 e. The molecule has 4 nitrogen and oxygen atoms in total. The highest BCUT2D eigenvalue weighted by Gasteiger charge is 2.19. The topological polar surface area (TPSA) is 56.5 Å².